The number of anilines is 1. The molecule has 3 N–H and O–H groups in total. The SMILES string of the molecule is CCC(C)c1ccc(NN)c(Br)c1. The third-order valence-electron chi connectivity index (χ3n) is 2.33. The number of hydrogen-bond donors (Lipinski definition) is 2. The van der Waals surface area contributed by atoms with Crippen molar-refractivity contribution in [1.29, 1.82) is 0 Å². The highest BCUT2D eigenvalue weighted by Gasteiger charge is 2.05. The van der Waals surface area contributed by atoms with Crippen LogP contribution in [0, 0.1) is 0 Å². The zero-order chi connectivity index (χ0) is 9.84. The largest absolute Gasteiger partial charge is 0.323 e. The molecular weight excluding hydrogens is 228 g/mol. The summed E-state index contributed by atoms with van der Waals surface area (Å²) in [5, 5.41) is 0. The van der Waals surface area contributed by atoms with Crippen molar-refractivity contribution in [1.82, 2.24) is 0 Å². The number of halogens is 1. The van der Waals surface area contributed by atoms with Gasteiger partial charge in [-0.05, 0) is 46.0 Å². The van der Waals surface area contributed by atoms with Gasteiger partial charge in [-0.2, -0.15) is 0 Å². The molecule has 0 bridgehead atoms. The van der Waals surface area contributed by atoms with Crippen molar-refractivity contribution in [3.63, 3.8) is 0 Å². The molecule has 0 fully saturated rings. The van der Waals surface area contributed by atoms with E-state index >= 15 is 0 Å². The lowest BCUT2D eigenvalue weighted by Gasteiger charge is -2.11. The molecule has 0 saturated heterocycles. The van der Waals surface area contributed by atoms with Crippen LogP contribution in [0.1, 0.15) is 31.7 Å². The van der Waals surface area contributed by atoms with E-state index in [1.807, 2.05) is 6.07 Å². The van der Waals surface area contributed by atoms with Crippen LogP contribution in [0.15, 0.2) is 22.7 Å². The topological polar surface area (TPSA) is 38.0 Å². The standard InChI is InChI=1S/C10H15BrN2/c1-3-7(2)8-4-5-10(13-12)9(11)6-8/h4-7,13H,3,12H2,1-2H3. The summed E-state index contributed by atoms with van der Waals surface area (Å²) >= 11 is 3.46. The van der Waals surface area contributed by atoms with Crippen LogP contribution in [0.3, 0.4) is 0 Å². The quantitative estimate of drug-likeness (QED) is 0.631. The van der Waals surface area contributed by atoms with Crippen LogP contribution < -0.4 is 11.3 Å². The predicted molar refractivity (Wildman–Crippen MR) is 60.7 cm³/mol. The Labute approximate surface area is 87.6 Å². The van der Waals surface area contributed by atoms with Gasteiger partial charge in [0, 0.05) is 4.47 Å². The molecule has 0 spiro atoms. The third-order valence-corrected chi connectivity index (χ3v) is 2.99. The average molecular weight is 243 g/mol. The van der Waals surface area contributed by atoms with E-state index in [0.29, 0.717) is 5.92 Å². The van der Waals surface area contributed by atoms with Crippen molar-refractivity contribution in [3.05, 3.63) is 28.2 Å². The molecule has 0 aliphatic carbocycles. The summed E-state index contributed by atoms with van der Waals surface area (Å²) in [5.41, 5.74) is 4.90. The number of nitrogens with one attached hydrogen (secondary N) is 1. The summed E-state index contributed by atoms with van der Waals surface area (Å²) < 4.78 is 1.02. The van der Waals surface area contributed by atoms with Gasteiger partial charge in [-0.15, -0.1) is 0 Å². The molecule has 0 aliphatic rings. The zero-order valence-electron chi connectivity index (χ0n) is 7.97. The van der Waals surface area contributed by atoms with E-state index in [9.17, 15) is 0 Å². The summed E-state index contributed by atoms with van der Waals surface area (Å²) in [6.45, 7) is 4.41. The van der Waals surface area contributed by atoms with Gasteiger partial charge in [-0.25, -0.2) is 0 Å². The maximum absolute atomic E-state index is 5.33. The van der Waals surface area contributed by atoms with E-state index in [0.717, 1.165) is 16.6 Å². The van der Waals surface area contributed by atoms with Crippen LogP contribution in [0.25, 0.3) is 0 Å². The molecule has 0 radical (unpaired) electrons. The molecule has 13 heavy (non-hydrogen) atoms. The molecule has 1 unspecified atom stereocenters. The lowest BCUT2D eigenvalue weighted by Crippen LogP contribution is -2.07. The monoisotopic (exact) mass is 242 g/mol. The van der Waals surface area contributed by atoms with Crippen molar-refractivity contribution < 1.29 is 0 Å². The highest BCUT2D eigenvalue weighted by molar-refractivity contribution is 9.10. The van der Waals surface area contributed by atoms with Gasteiger partial charge in [0.15, 0.2) is 0 Å². The third kappa shape index (κ3) is 2.45. The first-order valence-corrected chi connectivity index (χ1v) is 5.24. The number of rotatable bonds is 3. The molecular formula is C10H15BrN2. The van der Waals surface area contributed by atoms with Gasteiger partial charge in [0.05, 0.1) is 5.69 Å². The van der Waals surface area contributed by atoms with E-state index < -0.39 is 0 Å². The van der Waals surface area contributed by atoms with Crippen LogP contribution in [0.4, 0.5) is 5.69 Å². The molecule has 0 saturated carbocycles. The highest BCUT2D eigenvalue weighted by Crippen LogP contribution is 2.27. The molecule has 0 amide bonds. The van der Waals surface area contributed by atoms with Crippen LogP contribution in [-0.4, -0.2) is 0 Å². The van der Waals surface area contributed by atoms with Gasteiger partial charge in [-0.1, -0.05) is 19.9 Å². The zero-order valence-corrected chi connectivity index (χ0v) is 9.56. The smallest absolute Gasteiger partial charge is 0.0627 e. The predicted octanol–water partition coefficient (Wildman–Crippen LogP) is 3.25. The second-order valence-electron chi connectivity index (χ2n) is 3.19. The molecule has 2 nitrogen and oxygen atoms in total. The van der Waals surface area contributed by atoms with Crippen molar-refractivity contribution in [2.24, 2.45) is 5.84 Å². The molecule has 72 valence electrons. The molecule has 1 aromatic carbocycles. The maximum Gasteiger partial charge on any atom is 0.0627 e. The number of hydrogen-bond acceptors (Lipinski definition) is 2. The first-order chi connectivity index (χ1) is 6.19. The summed E-state index contributed by atoms with van der Waals surface area (Å²) in [5.74, 6) is 5.93. The highest BCUT2D eigenvalue weighted by atomic mass is 79.9. The van der Waals surface area contributed by atoms with Crippen molar-refractivity contribution >= 4 is 21.6 Å². The fraction of sp³-hybridized carbons (Fsp3) is 0.400. The molecule has 0 aromatic heterocycles. The van der Waals surface area contributed by atoms with Crippen LogP contribution >= 0.6 is 15.9 Å². The van der Waals surface area contributed by atoms with Gasteiger partial charge in [0.2, 0.25) is 0 Å². The number of benzene rings is 1. The first-order valence-electron chi connectivity index (χ1n) is 4.45. The Hall–Kier alpha value is -0.540. The number of nitrogen functional groups attached to an aromatic ring is 1. The minimum absolute atomic E-state index is 0.600. The molecule has 0 aliphatic heterocycles. The lowest BCUT2D eigenvalue weighted by molar-refractivity contribution is 0.733. The van der Waals surface area contributed by atoms with Gasteiger partial charge in [0.1, 0.15) is 0 Å². The Morgan fingerprint density at radius 3 is 2.69 bits per heavy atom. The van der Waals surface area contributed by atoms with Crippen LogP contribution in [0.2, 0.25) is 0 Å². The minimum Gasteiger partial charge on any atom is -0.323 e. The van der Waals surface area contributed by atoms with Crippen molar-refractivity contribution in [2.75, 3.05) is 5.43 Å². The second-order valence-corrected chi connectivity index (χ2v) is 4.05. The fourth-order valence-corrected chi connectivity index (χ4v) is 1.70. The maximum atomic E-state index is 5.33. The van der Waals surface area contributed by atoms with Crippen molar-refractivity contribution in [3.8, 4) is 0 Å². The molecule has 1 rings (SSSR count). The Bertz CT molecular complexity index is 286. The number of hydrazine groups is 1. The minimum atomic E-state index is 0.600. The fourth-order valence-electron chi connectivity index (χ4n) is 1.19. The normalized spacial score (nSPS) is 12.6. The van der Waals surface area contributed by atoms with E-state index in [2.05, 4.69) is 47.3 Å². The second kappa shape index (κ2) is 4.63. The molecule has 0 heterocycles. The van der Waals surface area contributed by atoms with Gasteiger partial charge in [0.25, 0.3) is 0 Å². The van der Waals surface area contributed by atoms with Crippen LogP contribution in [0.5, 0.6) is 0 Å². The lowest BCUT2D eigenvalue weighted by atomic mass is 9.99. The van der Waals surface area contributed by atoms with Crippen LogP contribution in [-0.2, 0) is 0 Å². The van der Waals surface area contributed by atoms with Gasteiger partial charge < -0.3 is 5.43 Å². The van der Waals surface area contributed by atoms with E-state index in [-0.39, 0.29) is 0 Å². The molecule has 1 atom stereocenters. The van der Waals surface area contributed by atoms with E-state index in [1.54, 1.807) is 0 Å². The Morgan fingerprint density at radius 2 is 2.23 bits per heavy atom. The van der Waals surface area contributed by atoms with E-state index in [4.69, 9.17) is 5.84 Å². The van der Waals surface area contributed by atoms with Gasteiger partial charge >= 0.3 is 0 Å². The summed E-state index contributed by atoms with van der Waals surface area (Å²) in [7, 11) is 0. The van der Waals surface area contributed by atoms with Gasteiger partial charge in [-0.3, -0.25) is 5.84 Å². The molecule has 3 heteroatoms. The summed E-state index contributed by atoms with van der Waals surface area (Å²) in [6.07, 6.45) is 1.15. The summed E-state index contributed by atoms with van der Waals surface area (Å²) in [6, 6.07) is 6.21. The van der Waals surface area contributed by atoms with E-state index in [1.165, 1.54) is 5.56 Å². The van der Waals surface area contributed by atoms with Crippen molar-refractivity contribution in [2.45, 2.75) is 26.2 Å². The number of nitrogens with two attached hydrogens (primary N) is 1. The Kier molecular flexibility index (Phi) is 3.75. The average Bonchev–Trinajstić information content (AvgIpc) is 2.16. The first kappa shape index (κ1) is 10.5. The Morgan fingerprint density at radius 1 is 1.54 bits per heavy atom. The summed E-state index contributed by atoms with van der Waals surface area (Å²) in [4.78, 5) is 0. The Balaban J connectivity index is 2.95. The molecule has 1 aromatic rings.